The highest BCUT2D eigenvalue weighted by molar-refractivity contribution is 5.86. The van der Waals surface area contributed by atoms with Gasteiger partial charge in [-0.15, -0.1) is 0 Å². The van der Waals surface area contributed by atoms with Crippen LogP contribution < -0.4 is 5.43 Å². The molecular weight excluding hydrogens is 231 g/mol. The van der Waals surface area contributed by atoms with Gasteiger partial charge in [0.1, 0.15) is 6.34 Å². The van der Waals surface area contributed by atoms with Gasteiger partial charge in [0.05, 0.1) is 24.3 Å². The Bertz CT molecular complexity index is 624. The van der Waals surface area contributed by atoms with Crippen LogP contribution in [-0.2, 0) is 0 Å². The molecule has 1 N–H and O–H groups in total. The van der Waals surface area contributed by atoms with Gasteiger partial charge in [-0.3, -0.25) is 15.4 Å². The lowest BCUT2D eigenvalue weighted by Gasteiger charge is -2.19. The third-order valence-electron chi connectivity index (χ3n) is 3.04. The molecule has 0 unspecified atom stereocenters. The number of nitrogens with one attached hydrogen (secondary N) is 1. The number of hydrogen-bond donors (Lipinski definition) is 1. The van der Waals surface area contributed by atoms with E-state index >= 15 is 0 Å². The number of aryl methyl sites for hydroxylation is 1. The van der Waals surface area contributed by atoms with Gasteiger partial charge < -0.3 is 0 Å². The van der Waals surface area contributed by atoms with Gasteiger partial charge in [-0.25, -0.2) is 4.98 Å². The fourth-order valence-corrected chi connectivity index (χ4v) is 2.05. The van der Waals surface area contributed by atoms with Crippen molar-refractivity contribution >= 4 is 22.9 Å². The lowest BCUT2D eigenvalue weighted by Crippen LogP contribution is -2.26. The first-order valence-electron chi connectivity index (χ1n) is 5.83. The highest BCUT2D eigenvalue weighted by Crippen LogP contribution is 2.24. The molecule has 0 amide bonds. The first-order chi connectivity index (χ1) is 8.74. The van der Waals surface area contributed by atoms with Gasteiger partial charge in [-0.1, -0.05) is 6.07 Å². The second kappa shape index (κ2) is 4.25. The lowest BCUT2D eigenvalue weighted by molar-refractivity contribution is 0.557. The van der Waals surface area contributed by atoms with Crippen molar-refractivity contribution in [1.29, 1.82) is 0 Å². The summed E-state index contributed by atoms with van der Waals surface area (Å²) in [7, 11) is 0. The maximum Gasteiger partial charge on any atom is 0.213 e. The number of aromatic nitrogens is 1. The van der Waals surface area contributed by atoms with Crippen molar-refractivity contribution in [1.82, 2.24) is 9.99 Å². The zero-order valence-corrected chi connectivity index (χ0v) is 10.0. The fourth-order valence-electron chi connectivity index (χ4n) is 2.05. The molecule has 0 spiro atoms. The van der Waals surface area contributed by atoms with E-state index in [1.165, 1.54) is 6.07 Å². The third-order valence-corrected chi connectivity index (χ3v) is 3.04. The quantitative estimate of drug-likeness (QED) is 0.824. The Morgan fingerprint density at radius 3 is 2.89 bits per heavy atom. The van der Waals surface area contributed by atoms with Crippen molar-refractivity contribution in [3.8, 4) is 0 Å². The average Bonchev–Trinajstić information content (AvgIpc) is 2.86. The number of pyridine rings is 1. The molecular formula is C13H13FN4. The summed E-state index contributed by atoms with van der Waals surface area (Å²) in [6, 6.07) is 7.03. The van der Waals surface area contributed by atoms with E-state index in [-0.39, 0.29) is 0 Å². The molecule has 0 aliphatic carbocycles. The van der Waals surface area contributed by atoms with Gasteiger partial charge in [0.2, 0.25) is 5.95 Å². The summed E-state index contributed by atoms with van der Waals surface area (Å²) in [5.74, 6) is -0.453. The Morgan fingerprint density at radius 2 is 2.11 bits per heavy atom. The Balaban J connectivity index is 2.02. The van der Waals surface area contributed by atoms with Gasteiger partial charge in [0, 0.05) is 10.9 Å². The standard InChI is InChI=1S/C13H13FN4/c1-9-11(17-18-7-6-15-8-18)4-2-10-3-5-12(14)16-13(9)10/h2-5,8,17H,6-7H2,1H3. The van der Waals surface area contributed by atoms with E-state index in [1.807, 2.05) is 24.1 Å². The van der Waals surface area contributed by atoms with Crippen LogP contribution >= 0.6 is 0 Å². The molecule has 0 saturated heterocycles. The number of rotatable bonds is 2. The largest absolute Gasteiger partial charge is 0.297 e. The number of halogens is 1. The van der Waals surface area contributed by atoms with Crippen molar-refractivity contribution in [2.75, 3.05) is 18.5 Å². The Labute approximate surface area is 104 Å². The van der Waals surface area contributed by atoms with Crippen LogP contribution in [0.4, 0.5) is 10.1 Å². The van der Waals surface area contributed by atoms with E-state index < -0.39 is 5.95 Å². The maximum absolute atomic E-state index is 13.2. The fraction of sp³-hybridized carbons (Fsp3) is 0.231. The number of anilines is 1. The Hall–Kier alpha value is -2.17. The van der Waals surface area contributed by atoms with Crippen LogP contribution in [0.3, 0.4) is 0 Å². The summed E-state index contributed by atoms with van der Waals surface area (Å²) in [6.45, 7) is 3.57. The van der Waals surface area contributed by atoms with Crippen molar-refractivity contribution in [2.24, 2.45) is 4.99 Å². The van der Waals surface area contributed by atoms with E-state index in [1.54, 1.807) is 12.4 Å². The minimum atomic E-state index is -0.453. The molecule has 1 aromatic heterocycles. The minimum Gasteiger partial charge on any atom is -0.297 e. The van der Waals surface area contributed by atoms with E-state index in [9.17, 15) is 4.39 Å². The number of aliphatic imine (C=N–C) groups is 1. The van der Waals surface area contributed by atoms with Crippen LogP contribution in [0.25, 0.3) is 10.9 Å². The second-order valence-corrected chi connectivity index (χ2v) is 4.27. The minimum absolute atomic E-state index is 0.453. The second-order valence-electron chi connectivity index (χ2n) is 4.27. The molecule has 1 aliphatic heterocycles. The molecule has 0 fully saturated rings. The molecule has 2 heterocycles. The van der Waals surface area contributed by atoms with E-state index in [0.717, 1.165) is 29.7 Å². The average molecular weight is 244 g/mol. The molecule has 3 rings (SSSR count). The summed E-state index contributed by atoms with van der Waals surface area (Å²) >= 11 is 0. The van der Waals surface area contributed by atoms with Crippen LogP contribution in [0.15, 0.2) is 29.3 Å². The van der Waals surface area contributed by atoms with Gasteiger partial charge in [0.15, 0.2) is 0 Å². The van der Waals surface area contributed by atoms with Crippen LogP contribution in [0.2, 0.25) is 0 Å². The van der Waals surface area contributed by atoms with Crippen molar-refractivity contribution in [3.63, 3.8) is 0 Å². The molecule has 4 nitrogen and oxygen atoms in total. The van der Waals surface area contributed by atoms with Gasteiger partial charge in [-0.2, -0.15) is 4.39 Å². The molecule has 1 aliphatic rings. The van der Waals surface area contributed by atoms with Gasteiger partial charge in [-0.05, 0) is 25.1 Å². The van der Waals surface area contributed by atoms with Crippen molar-refractivity contribution in [3.05, 3.63) is 35.8 Å². The van der Waals surface area contributed by atoms with Crippen LogP contribution in [0.1, 0.15) is 5.56 Å². The van der Waals surface area contributed by atoms with Gasteiger partial charge in [0.25, 0.3) is 0 Å². The van der Waals surface area contributed by atoms with Crippen LogP contribution in [-0.4, -0.2) is 29.4 Å². The highest BCUT2D eigenvalue weighted by Gasteiger charge is 2.09. The molecule has 18 heavy (non-hydrogen) atoms. The summed E-state index contributed by atoms with van der Waals surface area (Å²) in [5, 5.41) is 2.85. The summed E-state index contributed by atoms with van der Waals surface area (Å²) in [4.78, 5) is 8.08. The normalized spacial score (nSPS) is 14.4. The predicted molar refractivity (Wildman–Crippen MR) is 70.1 cm³/mol. The number of benzene rings is 1. The Morgan fingerprint density at radius 1 is 1.28 bits per heavy atom. The van der Waals surface area contributed by atoms with Crippen molar-refractivity contribution < 1.29 is 4.39 Å². The molecule has 0 radical (unpaired) electrons. The predicted octanol–water partition coefficient (Wildman–Crippen LogP) is 2.35. The molecule has 92 valence electrons. The smallest absolute Gasteiger partial charge is 0.213 e. The van der Waals surface area contributed by atoms with E-state index in [4.69, 9.17) is 0 Å². The van der Waals surface area contributed by atoms with Crippen LogP contribution in [0.5, 0.6) is 0 Å². The summed E-state index contributed by atoms with van der Waals surface area (Å²) in [5.41, 5.74) is 5.80. The monoisotopic (exact) mass is 244 g/mol. The summed E-state index contributed by atoms with van der Waals surface area (Å²) < 4.78 is 13.2. The van der Waals surface area contributed by atoms with Gasteiger partial charge >= 0.3 is 0 Å². The van der Waals surface area contributed by atoms with Crippen LogP contribution in [0, 0.1) is 12.9 Å². The number of nitrogens with zero attached hydrogens (tertiary/aromatic N) is 3. The highest BCUT2D eigenvalue weighted by atomic mass is 19.1. The molecule has 0 atom stereocenters. The van der Waals surface area contributed by atoms with Crippen molar-refractivity contribution in [2.45, 2.75) is 6.92 Å². The summed E-state index contributed by atoms with van der Waals surface area (Å²) in [6.07, 6.45) is 1.77. The molecule has 0 bridgehead atoms. The lowest BCUT2D eigenvalue weighted by atomic mass is 10.1. The molecule has 2 aromatic rings. The van der Waals surface area contributed by atoms with E-state index in [0.29, 0.717) is 5.52 Å². The molecule has 1 aromatic carbocycles. The Kier molecular flexibility index (Phi) is 2.59. The first kappa shape index (κ1) is 11.0. The zero-order chi connectivity index (χ0) is 12.5. The third kappa shape index (κ3) is 1.88. The number of hydrogen-bond acceptors (Lipinski definition) is 4. The van der Waals surface area contributed by atoms with E-state index in [2.05, 4.69) is 15.4 Å². The maximum atomic E-state index is 13.2. The number of hydrazine groups is 1. The first-order valence-corrected chi connectivity index (χ1v) is 5.83. The number of fused-ring (bicyclic) bond motifs is 1. The molecule has 5 heteroatoms. The molecule has 0 saturated carbocycles. The zero-order valence-electron chi connectivity index (χ0n) is 10.0. The topological polar surface area (TPSA) is 40.5 Å². The SMILES string of the molecule is Cc1c(NN2C=NCC2)ccc2ccc(F)nc12.